The first-order chi connectivity index (χ1) is 13.0. The second kappa shape index (κ2) is 6.83. The van der Waals surface area contributed by atoms with Gasteiger partial charge in [-0.15, -0.1) is 5.11 Å². The van der Waals surface area contributed by atoms with Crippen molar-refractivity contribution in [3.63, 3.8) is 0 Å². The Morgan fingerprint density at radius 2 is 1.46 bits per heavy atom. The first-order valence-corrected chi connectivity index (χ1v) is 10.3. The molecular weight excluding hydrogens is 412 g/mol. The molecule has 0 fully saturated rings. The van der Waals surface area contributed by atoms with Gasteiger partial charge in [0.25, 0.3) is 20.2 Å². The zero-order valence-corrected chi connectivity index (χ0v) is 15.4. The van der Waals surface area contributed by atoms with E-state index in [0.29, 0.717) is 6.07 Å². The van der Waals surface area contributed by atoms with Gasteiger partial charge in [0.2, 0.25) is 0 Å². The van der Waals surface area contributed by atoms with Gasteiger partial charge in [-0.3, -0.25) is 9.11 Å². The number of rotatable bonds is 4. The predicted molar refractivity (Wildman–Crippen MR) is 97.5 cm³/mol. The molecule has 0 heterocycles. The summed E-state index contributed by atoms with van der Waals surface area (Å²) in [5.41, 5.74) is 0.106. The molecule has 10 nitrogen and oxygen atoms in total. The van der Waals surface area contributed by atoms with Gasteiger partial charge >= 0.3 is 0 Å². The minimum atomic E-state index is -4.88. The molecule has 0 aromatic heterocycles. The van der Waals surface area contributed by atoms with E-state index in [1.54, 1.807) is 0 Å². The van der Waals surface area contributed by atoms with Gasteiger partial charge in [-0.25, -0.2) is 0 Å². The highest BCUT2D eigenvalue weighted by Crippen LogP contribution is 2.36. The van der Waals surface area contributed by atoms with Crippen molar-refractivity contribution in [2.75, 3.05) is 0 Å². The number of hydrogen-bond donors (Lipinski definition) is 4. The van der Waals surface area contributed by atoms with Crippen LogP contribution in [-0.4, -0.2) is 36.2 Å². The molecule has 0 amide bonds. The normalized spacial score (nSPS) is 12.6. The first kappa shape index (κ1) is 19.7. The Morgan fingerprint density at radius 3 is 2.07 bits per heavy atom. The highest BCUT2D eigenvalue weighted by Gasteiger charge is 2.22. The molecule has 4 N–H and O–H groups in total. The average Bonchev–Trinajstić information content (AvgIpc) is 2.60. The lowest BCUT2D eigenvalue weighted by Crippen LogP contribution is -2.04. The number of azo groups is 1. The van der Waals surface area contributed by atoms with Crippen LogP contribution in [0.3, 0.4) is 0 Å². The molecule has 0 atom stereocenters. The summed E-state index contributed by atoms with van der Waals surface area (Å²) < 4.78 is 65.1. The van der Waals surface area contributed by atoms with Gasteiger partial charge in [-0.2, -0.15) is 21.9 Å². The monoisotopic (exact) mass is 424 g/mol. The molecule has 3 rings (SSSR count). The van der Waals surface area contributed by atoms with Crippen LogP contribution >= 0.6 is 0 Å². The molecule has 12 heteroatoms. The minimum absolute atomic E-state index is 0.0282. The molecule has 146 valence electrons. The fraction of sp³-hybridized carbons (Fsp3) is 0. The lowest BCUT2D eigenvalue weighted by Gasteiger charge is -2.09. The third-order valence-electron chi connectivity index (χ3n) is 3.70. The van der Waals surface area contributed by atoms with Gasteiger partial charge in [0, 0.05) is 11.5 Å². The maximum atomic E-state index is 11.8. The molecule has 0 radical (unpaired) electrons. The topological polar surface area (TPSA) is 174 Å². The van der Waals surface area contributed by atoms with Crippen LogP contribution in [0.5, 0.6) is 11.5 Å². The smallest absolute Gasteiger partial charge is 0.295 e. The molecule has 0 saturated heterocycles. The minimum Gasteiger partial charge on any atom is -0.504 e. The summed E-state index contributed by atoms with van der Waals surface area (Å²) in [4.78, 5) is -1.49. The van der Waals surface area contributed by atoms with Gasteiger partial charge in [0.05, 0.1) is 16.3 Å². The maximum Gasteiger partial charge on any atom is 0.295 e. The highest BCUT2D eigenvalue weighted by molar-refractivity contribution is 7.86. The number of aromatic hydroxyl groups is 2. The zero-order valence-electron chi connectivity index (χ0n) is 13.8. The van der Waals surface area contributed by atoms with E-state index in [1.165, 1.54) is 30.3 Å². The van der Waals surface area contributed by atoms with Crippen LogP contribution < -0.4 is 0 Å². The number of phenols is 2. The molecule has 28 heavy (non-hydrogen) atoms. The second-order valence-corrected chi connectivity index (χ2v) is 8.43. The summed E-state index contributed by atoms with van der Waals surface area (Å²) in [6, 6.07) is 9.43. The maximum absolute atomic E-state index is 11.8. The van der Waals surface area contributed by atoms with Crippen LogP contribution in [0.25, 0.3) is 10.8 Å². The fourth-order valence-electron chi connectivity index (χ4n) is 2.46. The van der Waals surface area contributed by atoms with Gasteiger partial charge in [0.1, 0.15) is 4.90 Å². The van der Waals surface area contributed by atoms with E-state index in [9.17, 15) is 36.2 Å². The summed E-state index contributed by atoms with van der Waals surface area (Å²) in [5, 5.41) is 26.4. The predicted octanol–water partition coefficient (Wildman–Crippen LogP) is 3.16. The molecule has 3 aromatic carbocycles. The van der Waals surface area contributed by atoms with Crippen molar-refractivity contribution in [1.29, 1.82) is 0 Å². The summed E-state index contributed by atoms with van der Waals surface area (Å²) in [6.45, 7) is 0. The zero-order chi connectivity index (χ0) is 20.7. The lowest BCUT2D eigenvalue weighted by atomic mass is 10.1. The Hall–Kier alpha value is -3.06. The van der Waals surface area contributed by atoms with E-state index in [4.69, 9.17) is 0 Å². The van der Waals surface area contributed by atoms with Crippen molar-refractivity contribution in [1.82, 2.24) is 0 Å². The Labute approximate surface area is 158 Å². The third-order valence-corrected chi connectivity index (χ3v) is 5.41. The van der Waals surface area contributed by atoms with Crippen LogP contribution in [0.1, 0.15) is 0 Å². The van der Waals surface area contributed by atoms with Crippen LogP contribution in [0.2, 0.25) is 0 Å². The number of nitrogens with zero attached hydrogens (tertiary/aromatic N) is 2. The number of phenolic OH excluding ortho intramolecular Hbond substituents is 2. The quantitative estimate of drug-likeness (QED) is 0.280. The largest absolute Gasteiger partial charge is 0.504 e. The van der Waals surface area contributed by atoms with Gasteiger partial charge < -0.3 is 10.2 Å². The molecular formula is C16H12N2O8S2. The van der Waals surface area contributed by atoms with Crippen LogP contribution in [0.15, 0.2) is 68.6 Å². The fourth-order valence-corrected chi connectivity index (χ4v) is 3.84. The standard InChI is InChI=1S/C16H12N2O8S2/c19-13-5-4-10(7-14(13)20)17-18-12-3-1-2-9-6-11(27(21,22)23)8-15(16(9)12)28(24,25)26/h1-8,19-20H,(H,21,22,23)(H,24,25,26). The summed E-state index contributed by atoms with van der Waals surface area (Å²) in [6.07, 6.45) is 0. The first-order valence-electron chi connectivity index (χ1n) is 7.42. The summed E-state index contributed by atoms with van der Waals surface area (Å²) >= 11 is 0. The Balaban J connectivity index is 2.26. The van der Waals surface area contributed by atoms with E-state index in [0.717, 1.165) is 12.1 Å². The summed E-state index contributed by atoms with van der Waals surface area (Å²) in [5.74, 6) is -0.804. The van der Waals surface area contributed by atoms with E-state index >= 15 is 0 Å². The van der Waals surface area contributed by atoms with Crippen molar-refractivity contribution in [2.24, 2.45) is 10.2 Å². The van der Waals surface area contributed by atoms with Crippen molar-refractivity contribution in [2.45, 2.75) is 9.79 Å². The van der Waals surface area contributed by atoms with E-state index in [1.807, 2.05) is 0 Å². The van der Waals surface area contributed by atoms with Crippen LogP contribution in [0.4, 0.5) is 11.4 Å². The van der Waals surface area contributed by atoms with E-state index in [-0.39, 0.29) is 27.9 Å². The van der Waals surface area contributed by atoms with Gasteiger partial charge in [0.15, 0.2) is 11.5 Å². The molecule has 0 aliphatic carbocycles. The lowest BCUT2D eigenvalue weighted by molar-refractivity contribution is 0.404. The van der Waals surface area contributed by atoms with Crippen molar-refractivity contribution < 1.29 is 36.2 Å². The van der Waals surface area contributed by atoms with E-state index in [2.05, 4.69) is 10.2 Å². The van der Waals surface area contributed by atoms with Gasteiger partial charge in [-0.05, 0) is 35.7 Å². The molecule has 3 aromatic rings. The number of fused-ring (bicyclic) bond motifs is 1. The molecule has 0 aliphatic heterocycles. The summed E-state index contributed by atoms with van der Waals surface area (Å²) in [7, 11) is -9.62. The van der Waals surface area contributed by atoms with Crippen molar-refractivity contribution in [3.8, 4) is 11.5 Å². The Morgan fingerprint density at radius 1 is 0.750 bits per heavy atom. The Bertz CT molecular complexity index is 1330. The van der Waals surface area contributed by atoms with Gasteiger partial charge in [-0.1, -0.05) is 12.1 Å². The molecule has 0 saturated carbocycles. The average molecular weight is 424 g/mol. The van der Waals surface area contributed by atoms with Crippen molar-refractivity contribution >= 4 is 42.4 Å². The Kier molecular flexibility index (Phi) is 4.81. The molecule has 0 spiro atoms. The van der Waals surface area contributed by atoms with Crippen LogP contribution in [0, 0.1) is 0 Å². The SMILES string of the molecule is O=S(=O)(O)c1cc(S(=O)(=O)O)c2c(N=Nc3ccc(O)c(O)c3)cccc2c1. The number of benzene rings is 3. The van der Waals surface area contributed by atoms with E-state index < -0.39 is 35.8 Å². The molecule has 0 unspecified atom stereocenters. The molecule has 0 aliphatic rings. The second-order valence-electron chi connectivity index (χ2n) is 5.62. The highest BCUT2D eigenvalue weighted by atomic mass is 32.2. The number of hydrogen-bond acceptors (Lipinski definition) is 8. The van der Waals surface area contributed by atoms with Crippen LogP contribution in [-0.2, 0) is 20.2 Å². The third kappa shape index (κ3) is 3.94. The van der Waals surface area contributed by atoms with Crippen molar-refractivity contribution in [3.05, 3.63) is 48.5 Å². The molecule has 0 bridgehead atoms.